The Labute approximate surface area is 98.1 Å². The van der Waals surface area contributed by atoms with Crippen LogP contribution in [-0.2, 0) is 19.0 Å². The predicted octanol–water partition coefficient (Wildman–Crippen LogP) is -1.21. The molecule has 0 aromatic carbocycles. The van der Waals surface area contributed by atoms with Gasteiger partial charge in [-0.3, -0.25) is 4.79 Å². The summed E-state index contributed by atoms with van der Waals surface area (Å²) in [5, 5.41) is 8.08. The highest BCUT2D eigenvalue weighted by molar-refractivity contribution is 6.63. The van der Waals surface area contributed by atoms with Crippen molar-refractivity contribution in [1.82, 2.24) is 0 Å². The molecule has 94 valence electrons. The van der Waals surface area contributed by atoms with E-state index in [1.807, 2.05) is 0 Å². The molecule has 0 aromatic heterocycles. The molecular weight excluding hydrogens is 228 g/mol. The molecule has 0 aromatic rings. The maximum absolute atomic E-state index is 11.3. The number of aliphatic imine (C=N–C) groups is 2. The van der Waals surface area contributed by atoms with Gasteiger partial charge < -0.3 is 19.3 Å². The normalized spacial score (nSPS) is 24.9. The standard InChI is InChI=1S/C7H8N2O3.C3H6O2/c10-5(6-8-1-3-11-6)7-9-2-4-12-7;4-1-3-2-5-3/h1-4H2;3-4H,1-2H2. The highest BCUT2D eigenvalue weighted by atomic mass is 16.6. The largest absolute Gasteiger partial charge is 0.473 e. The molecule has 3 rings (SSSR count). The Hall–Kier alpha value is -1.47. The highest BCUT2D eigenvalue weighted by Crippen LogP contribution is 2.05. The molecule has 0 spiro atoms. The minimum atomic E-state index is -0.329. The van der Waals surface area contributed by atoms with Gasteiger partial charge in [0.25, 0.3) is 11.8 Å². The van der Waals surface area contributed by atoms with E-state index in [-0.39, 0.29) is 30.3 Å². The van der Waals surface area contributed by atoms with Gasteiger partial charge in [0.1, 0.15) is 19.3 Å². The van der Waals surface area contributed by atoms with Gasteiger partial charge in [-0.2, -0.15) is 0 Å². The van der Waals surface area contributed by atoms with E-state index < -0.39 is 0 Å². The maximum atomic E-state index is 11.3. The van der Waals surface area contributed by atoms with Crippen molar-refractivity contribution in [2.75, 3.05) is 39.5 Å². The second kappa shape index (κ2) is 5.74. The molecule has 3 aliphatic rings. The molecule has 17 heavy (non-hydrogen) atoms. The van der Waals surface area contributed by atoms with Gasteiger partial charge in [0.15, 0.2) is 0 Å². The fraction of sp³-hybridized carbons (Fsp3) is 0.700. The van der Waals surface area contributed by atoms with Gasteiger partial charge in [-0.25, -0.2) is 9.98 Å². The molecule has 7 nitrogen and oxygen atoms in total. The summed E-state index contributed by atoms with van der Waals surface area (Å²) in [4.78, 5) is 19.1. The van der Waals surface area contributed by atoms with E-state index in [0.29, 0.717) is 26.3 Å². The van der Waals surface area contributed by atoms with Crippen LogP contribution in [0.25, 0.3) is 0 Å². The van der Waals surface area contributed by atoms with Crippen molar-refractivity contribution in [2.45, 2.75) is 6.10 Å². The van der Waals surface area contributed by atoms with Crippen LogP contribution in [0.2, 0.25) is 0 Å². The summed E-state index contributed by atoms with van der Waals surface area (Å²) in [6.45, 7) is 3.02. The minimum absolute atomic E-state index is 0.135. The number of Topliss-reactive ketones (excluding diaryl/α,β-unsaturated/α-hetero) is 1. The van der Waals surface area contributed by atoms with Crippen LogP contribution in [-0.4, -0.2) is 68.3 Å². The third kappa shape index (κ3) is 3.50. The van der Waals surface area contributed by atoms with Gasteiger partial charge in [0.2, 0.25) is 0 Å². The summed E-state index contributed by atoms with van der Waals surface area (Å²) in [6.07, 6.45) is 0.190. The lowest BCUT2D eigenvalue weighted by Crippen LogP contribution is -2.24. The van der Waals surface area contributed by atoms with E-state index >= 15 is 0 Å². The van der Waals surface area contributed by atoms with Gasteiger partial charge in [0.05, 0.1) is 26.3 Å². The average Bonchev–Trinajstić information content (AvgIpc) is 2.88. The van der Waals surface area contributed by atoms with Crippen molar-refractivity contribution in [3.05, 3.63) is 0 Å². The number of hydrogen-bond donors (Lipinski definition) is 1. The molecule has 3 aliphatic heterocycles. The predicted molar refractivity (Wildman–Crippen MR) is 58.3 cm³/mol. The summed E-state index contributed by atoms with van der Waals surface area (Å²) in [6, 6.07) is 0. The number of epoxide rings is 1. The van der Waals surface area contributed by atoms with Crippen molar-refractivity contribution >= 4 is 17.6 Å². The molecule has 0 saturated carbocycles. The summed E-state index contributed by atoms with van der Waals surface area (Å²) < 4.78 is 14.5. The molecule has 0 amide bonds. The molecule has 0 aliphatic carbocycles. The first kappa shape index (κ1) is 12.0. The number of aliphatic hydroxyl groups excluding tert-OH is 1. The first-order valence-electron chi connectivity index (χ1n) is 5.43. The Balaban J connectivity index is 0.000000181. The lowest BCUT2D eigenvalue weighted by molar-refractivity contribution is -0.109. The maximum Gasteiger partial charge on any atom is 0.301 e. The summed E-state index contributed by atoms with van der Waals surface area (Å²) in [7, 11) is 0. The Morgan fingerprint density at radius 2 is 1.76 bits per heavy atom. The van der Waals surface area contributed by atoms with Gasteiger partial charge in [0, 0.05) is 0 Å². The molecular formula is C10H14N2O5. The Kier molecular flexibility index (Phi) is 4.05. The van der Waals surface area contributed by atoms with Crippen LogP contribution in [0.1, 0.15) is 0 Å². The summed E-state index contributed by atoms with van der Waals surface area (Å²) >= 11 is 0. The second-order valence-corrected chi connectivity index (χ2v) is 3.54. The van der Waals surface area contributed by atoms with Crippen LogP contribution < -0.4 is 0 Å². The second-order valence-electron chi connectivity index (χ2n) is 3.54. The summed E-state index contributed by atoms with van der Waals surface area (Å²) in [5.41, 5.74) is 0. The molecule has 1 fully saturated rings. The zero-order valence-corrected chi connectivity index (χ0v) is 9.29. The number of carbonyl (C=O) groups excluding carboxylic acids is 1. The van der Waals surface area contributed by atoms with E-state index in [2.05, 4.69) is 14.7 Å². The average molecular weight is 242 g/mol. The van der Waals surface area contributed by atoms with Crippen molar-refractivity contribution in [1.29, 1.82) is 0 Å². The fourth-order valence-electron chi connectivity index (χ4n) is 1.21. The monoisotopic (exact) mass is 242 g/mol. The van der Waals surface area contributed by atoms with Crippen LogP contribution in [0.3, 0.4) is 0 Å². The van der Waals surface area contributed by atoms with Crippen molar-refractivity contribution in [2.24, 2.45) is 9.98 Å². The number of carbonyl (C=O) groups is 1. The molecule has 1 unspecified atom stereocenters. The zero-order chi connectivity index (χ0) is 12.1. The van der Waals surface area contributed by atoms with Crippen LogP contribution in [0.15, 0.2) is 9.98 Å². The van der Waals surface area contributed by atoms with Gasteiger partial charge >= 0.3 is 5.78 Å². The summed E-state index contributed by atoms with van der Waals surface area (Å²) in [5.74, 6) is -0.0590. The lowest BCUT2D eigenvalue weighted by atomic mass is 10.4. The number of nitrogens with zero attached hydrogens (tertiary/aromatic N) is 2. The smallest absolute Gasteiger partial charge is 0.301 e. The lowest BCUT2D eigenvalue weighted by Gasteiger charge is -1.99. The highest BCUT2D eigenvalue weighted by Gasteiger charge is 2.26. The quantitative estimate of drug-likeness (QED) is 0.627. The van der Waals surface area contributed by atoms with E-state index in [1.165, 1.54) is 0 Å². The molecule has 1 N–H and O–H groups in total. The number of ketones is 1. The van der Waals surface area contributed by atoms with Gasteiger partial charge in [-0.05, 0) is 0 Å². The van der Waals surface area contributed by atoms with Crippen molar-refractivity contribution < 1.29 is 24.1 Å². The molecule has 0 radical (unpaired) electrons. The third-order valence-electron chi connectivity index (χ3n) is 2.17. The molecule has 7 heteroatoms. The minimum Gasteiger partial charge on any atom is -0.473 e. The van der Waals surface area contributed by atoms with E-state index in [9.17, 15) is 4.79 Å². The number of ether oxygens (including phenoxy) is 3. The third-order valence-corrected chi connectivity index (χ3v) is 2.17. The first-order chi connectivity index (χ1) is 8.31. The molecule has 1 saturated heterocycles. The van der Waals surface area contributed by atoms with Gasteiger partial charge in [-0.1, -0.05) is 0 Å². The molecule has 1 atom stereocenters. The van der Waals surface area contributed by atoms with E-state index in [0.717, 1.165) is 6.61 Å². The molecule has 3 heterocycles. The van der Waals surface area contributed by atoms with E-state index in [4.69, 9.17) is 14.6 Å². The Morgan fingerprint density at radius 3 is 2.00 bits per heavy atom. The zero-order valence-electron chi connectivity index (χ0n) is 9.29. The van der Waals surface area contributed by atoms with Crippen molar-refractivity contribution in [3.8, 4) is 0 Å². The SMILES string of the molecule is O=C(C1=NCCO1)C1=NCCO1.OCC1CO1. The Bertz CT molecular complexity index is 323. The number of hydrogen-bond acceptors (Lipinski definition) is 7. The Morgan fingerprint density at radius 1 is 1.24 bits per heavy atom. The molecule has 0 bridgehead atoms. The van der Waals surface area contributed by atoms with Crippen molar-refractivity contribution in [3.63, 3.8) is 0 Å². The number of rotatable bonds is 3. The fourth-order valence-corrected chi connectivity index (χ4v) is 1.21. The van der Waals surface area contributed by atoms with Gasteiger partial charge in [-0.15, -0.1) is 0 Å². The topological polar surface area (TPSA) is 93.0 Å². The van der Waals surface area contributed by atoms with Crippen LogP contribution >= 0.6 is 0 Å². The van der Waals surface area contributed by atoms with E-state index in [1.54, 1.807) is 0 Å². The van der Waals surface area contributed by atoms with Crippen LogP contribution in [0.5, 0.6) is 0 Å². The number of aliphatic hydroxyl groups is 1. The first-order valence-corrected chi connectivity index (χ1v) is 5.43. The van der Waals surface area contributed by atoms with Crippen LogP contribution in [0, 0.1) is 0 Å². The van der Waals surface area contributed by atoms with Crippen LogP contribution in [0.4, 0.5) is 0 Å².